The van der Waals surface area contributed by atoms with Crippen molar-refractivity contribution in [1.29, 1.82) is 0 Å². The molecule has 1 N–H and O–H groups in total. The zero-order valence-corrected chi connectivity index (χ0v) is 7.73. The number of benzene rings is 1. The highest BCUT2D eigenvalue weighted by Crippen LogP contribution is 2.15. The van der Waals surface area contributed by atoms with Gasteiger partial charge in [0.2, 0.25) is 0 Å². The average molecular weight is 178 g/mol. The Morgan fingerprint density at radius 2 is 2.08 bits per heavy atom. The first-order valence-corrected chi connectivity index (χ1v) is 4.26. The van der Waals surface area contributed by atoms with Crippen LogP contribution in [0.2, 0.25) is 0 Å². The summed E-state index contributed by atoms with van der Waals surface area (Å²) < 4.78 is 4.71. The second-order valence-electron chi connectivity index (χ2n) is 2.91. The van der Waals surface area contributed by atoms with Gasteiger partial charge in [-0.1, -0.05) is 30.9 Å². The molecule has 1 aromatic rings. The van der Waals surface area contributed by atoms with E-state index in [2.05, 4.69) is 13.5 Å². The van der Waals surface area contributed by atoms with Gasteiger partial charge in [-0.2, -0.15) is 0 Å². The molecule has 0 aromatic heterocycles. The van der Waals surface area contributed by atoms with Gasteiger partial charge in [0.1, 0.15) is 5.75 Å². The van der Waals surface area contributed by atoms with Crippen LogP contribution >= 0.6 is 0 Å². The van der Waals surface area contributed by atoms with Crippen LogP contribution < -0.4 is 0 Å². The van der Waals surface area contributed by atoms with E-state index in [9.17, 15) is 0 Å². The van der Waals surface area contributed by atoms with Gasteiger partial charge < -0.3 is 9.84 Å². The standard InChI is InChI=1S/C8H8O.C3H6O/c1-2-7-5-3-4-6-8(7)9;1-3-2-4-3/h2-6,9H,1H2;3H,2H2,1H3. The van der Waals surface area contributed by atoms with Gasteiger partial charge in [0.15, 0.2) is 0 Å². The van der Waals surface area contributed by atoms with E-state index in [1.54, 1.807) is 18.2 Å². The van der Waals surface area contributed by atoms with Crippen molar-refractivity contribution in [2.45, 2.75) is 13.0 Å². The molecule has 0 amide bonds. The Morgan fingerprint density at radius 3 is 2.38 bits per heavy atom. The highest BCUT2D eigenvalue weighted by molar-refractivity contribution is 5.54. The highest BCUT2D eigenvalue weighted by atomic mass is 16.6. The van der Waals surface area contributed by atoms with Crippen molar-refractivity contribution in [1.82, 2.24) is 0 Å². The van der Waals surface area contributed by atoms with E-state index in [1.807, 2.05) is 12.1 Å². The molecule has 1 unspecified atom stereocenters. The van der Waals surface area contributed by atoms with Gasteiger partial charge in [0, 0.05) is 5.56 Å². The Balaban J connectivity index is 0.000000175. The molecule has 70 valence electrons. The summed E-state index contributed by atoms with van der Waals surface area (Å²) in [6, 6.07) is 7.08. The predicted octanol–water partition coefficient (Wildman–Crippen LogP) is 2.44. The van der Waals surface area contributed by atoms with Crippen LogP contribution in [0, 0.1) is 0 Å². The zero-order valence-electron chi connectivity index (χ0n) is 7.73. The molecule has 0 radical (unpaired) electrons. The third-order valence-corrected chi connectivity index (χ3v) is 1.66. The SMILES string of the molecule is C=Cc1ccccc1O.CC1CO1. The average Bonchev–Trinajstić information content (AvgIpc) is 2.90. The first-order chi connectivity index (χ1) is 6.24. The van der Waals surface area contributed by atoms with Crippen LogP contribution in [0.5, 0.6) is 5.75 Å². The predicted molar refractivity (Wildman–Crippen MR) is 53.6 cm³/mol. The Morgan fingerprint density at radius 1 is 1.54 bits per heavy atom. The van der Waals surface area contributed by atoms with Crippen molar-refractivity contribution in [3.05, 3.63) is 36.4 Å². The molecule has 0 aliphatic carbocycles. The van der Waals surface area contributed by atoms with Crippen molar-refractivity contribution >= 4 is 6.08 Å². The molecule has 0 bridgehead atoms. The maximum absolute atomic E-state index is 9.04. The summed E-state index contributed by atoms with van der Waals surface area (Å²) >= 11 is 0. The molecule has 0 saturated carbocycles. The number of aromatic hydroxyl groups is 1. The molecule has 2 rings (SSSR count). The molecule has 1 aliphatic heterocycles. The zero-order chi connectivity index (χ0) is 9.68. The molecule has 1 aromatic carbocycles. The second-order valence-corrected chi connectivity index (χ2v) is 2.91. The Hall–Kier alpha value is -1.28. The quantitative estimate of drug-likeness (QED) is 0.670. The number of para-hydroxylation sites is 1. The van der Waals surface area contributed by atoms with Crippen LogP contribution in [0.3, 0.4) is 0 Å². The monoisotopic (exact) mass is 178 g/mol. The van der Waals surface area contributed by atoms with Gasteiger partial charge in [0.05, 0.1) is 12.7 Å². The van der Waals surface area contributed by atoms with E-state index < -0.39 is 0 Å². The third-order valence-electron chi connectivity index (χ3n) is 1.66. The topological polar surface area (TPSA) is 32.8 Å². The van der Waals surface area contributed by atoms with E-state index in [1.165, 1.54) is 0 Å². The van der Waals surface area contributed by atoms with Crippen LogP contribution in [-0.4, -0.2) is 17.8 Å². The molecule has 2 nitrogen and oxygen atoms in total. The molecule has 1 fully saturated rings. The fourth-order valence-electron chi connectivity index (χ4n) is 0.756. The van der Waals surface area contributed by atoms with E-state index in [0.29, 0.717) is 6.10 Å². The minimum atomic E-state index is 0.285. The number of phenols is 1. The molecule has 1 heterocycles. The molecular weight excluding hydrogens is 164 g/mol. The lowest BCUT2D eigenvalue weighted by Crippen LogP contribution is -1.69. The Labute approximate surface area is 78.5 Å². The number of ether oxygens (including phenoxy) is 1. The minimum Gasteiger partial charge on any atom is -0.507 e. The van der Waals surface area contributed by atoms with Crippen LogP contribution in [0.15, 0.2) is 30.8 Å². The van der Waals surface area contributed by atoms with E-state index >= 15 is 0 Å². The minimum absolute atomic E-state index is 0.285. The molecular formula is C11H14O2. The van der Waals surface area contributed by atoms with Crippen LogP contribution in [-0.2, 0) is 4.74 Å². The fourth-order valence-corrected chi connectivity index (χ4v) is 0.756. The smallest absolute Gasteiger partial charge is 0.122 e. The van der Waals surface area contributed by atoms with Gasteiger partial charge in [0.25, 0.3) is 0 Å². The molecule has 13 heavy (non-hydrogen) atoms. The second kappa shape index (κ2) is 4.67. The Kier molecular flexibility index (Phi) is 3.53. The number of hydrogen-bond donors (Lipinski definition) is 1. The van der Waals surface area contributed by atoms with E-state index in [-0.39, 0.29) is 5.75 Å². The number of rotatable bonds is 1. The lowest BCUT2D eigenvalue weighted by molar-refractivity contribution is 0.423. The number of phenolic OH excluding ortho intramolecular Hbond substituents is 1. The first-order valence-electron chi connectivity index (χ1n) is 4.26. The maximum atomic E-state index is 9.04. The van der Waals surface area contributed by atoms with Gasteiger partial charge in [-0.25, -0.2) is 0 Å². The summed E-state index contributed by atoms with van der Waals surface area (Å²) in [6.45, 7) is 6.57. The van der Waals surface area contributed by atoms with Gasteiger partial charge in [-0.3, -0.25) is 0 Å². The van der Waals surface area contributed by atoms with E-state index in [4.69, 9.17) is 9.84 Å². The maximum Gasteiger partial charge on any atom is 0.122 e. The molecule has 0 spiro atoms. The van der Waals surface area contributed by atoms with Crippen LogP contribution in [0.25, 0.3) is 6.08 Å². The van der Waals surface area contributed by atoms with Gasteiger partial charge in [-0.15, -0.1) is 0 Å². The molecule has 1 atom stereocenters. The summed E-state index contributed by atoms with van der Waals surface area (Å²) in [6.07, 6.45) is 2.20. The highest BCUT2D eigenvalue weighted by Gasteiger charge is 2.13. The number of hydrogen-bond acceptors (Lipinski definition) is 2. The molecule has 1 aliphatic rings. The lowest BCUT2D eigenvalue weighted by atomic mass is 10.2. The number of epoxide rings is 1. The third kappa shape index (κ3) is 3.76. The molecule has 2 heteroatoms. The summed E-state index contributed by atoms with van der Waals surface area (Å²) in [5.74, 6) is 0.285. The van der Waals surface area contributed by atoms with Crippen molar-refractivity contribution in [3.63, 3.8) is 0 Å². The summed E-state index contributed by atoms with van der Waals surface area (Å²) in [5, 5.41) is 9.04. The lowest BCUT2D eigenvalue weighted by Gasteiger charge is -1.93. The summed E-state index contributed by atoms with van der Waals surface area (Å²) in [7, 11) is 0. The Bertz CT molecular complexity index is 277. The summed E-state index contributed by atoms with van der Waals surface area (Å²) in [5.41, 5.74) is 0.775. The van der Waals surface area contributed by atoms with Gasteiger partial charge in [-0.05, 0) is 13.0 Å². The van der Waals surface area contributed by atoms with Crippen molar-refractivity contribution in [2.75, 3.05) is 6.61 Å². The van der Waals surface area contributed by atoms with Crippen LogP contribution in [0.4, 0.5) is 0 Å². The largest absolute Gasteiger partial charge is 0.507 e. The van der Waals surface area contributed by atoms with Crippen LogP contribution in [0.1, 0.15) is 12.5 Å². The fraction of sp³-hybridized carbons (Fsp3) is 0.273. The molecule has 1 saturated heterocycles. The summed E-state index contributed by atoms with van der Waals surface area (Å²) in [4.78, 5) is 0. The van der Waals surface area contributed by atoms with Crippen molar-refractivity contribution in [2.24, 2.45) is 0 Å². The van der Waals surface area contributed by atoms with Crippen molar-refractivity contribution < 1.29 is 9.84 Å². The first kappa shape index (κ1) is 9.81. The van der Waals surface area contributed by atoms with E-state index in [0.717, 1.165) is 12.2 Å². The normalized spacial score (nSPS) is 18.4. The van der Waals surface area contributed by atoms with Gasteiger partial charge >= 0.3 is 0 Å². The van der Waals surface area contributed by atoms with Crippen molar-refractivity contribution in [3.8, 4) is 5.75 Å².